The number of carbonyl (C=O) groups is 2. The van der Waals surface area contributed by atoms with E-state index in [2.05, 4.69) is 31.9 Å². The van der Waals surface area contributed by atoms with E-state index in [1.807, 2.05) is 62.4 Å². The highest BCUT2D eigenvalue weighted by Gasteiger charge is 2.31. The Morgan fingerprint density at radius 2 is 1.70 bits per heavy atom. The molecule has 0 N–H and O–H groups in total. The van der Waals surface area contributed by atoms with Crippen molar-refractivity contribution in [1.82, 2.24) is 0 Å². The molecule has 0 saturated heterocycles. The maximum absolute atomic E-state index is 12.7. The molecule has 0 aromatic heterocycles. The lowest BCUT2D eigenvalue weighted by molar-refractivity contribution is -0.122. The Morgan fingerprint density at radius 1 is 1.03 bits per heavy atom. The Morgan fingerprint density at radius 3 is 2.39 bits per heavy atom. The lowest BCUT2D eigenvalue weighted by atomic mass is 10.1. The van der Waals surface area contributed by atoms with Gasteiger partial charge in [-0.1, -0.05) is 30.3 Å². The van der Waals surface area contributed by atoms with Crippen LogP contribution in [-0.2, 0) is 22.6 Å². The van der Waals surface area contributed by atoms with Crippen LogP contribution in [0.4, 0.5) is 5.69 Å². The van der Waals surface area contributed by atoms with Crippen molar-refractivity contribution in [2.75, 3.05) is 11.5 Å². The van der Waals surface area contributed by atoms with E-state index in [4.69, 9.17) is 9.47 Å². The van der Waals surface area contributed by atoms with Crippen LogP contribution in [-0.4, -0.2) is 24.5 Å². The minimum atomic E-state index is -0.528. The third-order valence-electron chi connectivity index (χ3n) is 5.52. The average molecular weight is 573 g/mol. The normalized spacial score (nSPS) is 14.7. The maximum Gasteiger partial charge on any atom is 0.338 e. The fourth-order valence-corrected chi connectivity index (χ4v) is 5.59. The zero-order chi connectivity index (χ0) is 23.5. The van der Waals surface area contributed by atoms with Crippen LogP contribution in [0.3, 0.4) is 0 Å². The molecule has 1 aliphatic heterocycles. The smallest absolute Gasteiger partial charge is 0.338 e. The van der Waals surface area contributed by atoms with Crippen molar-refractivity contribution in [2.45, 2.75) is 32.9 Å². The highest BCUT2D eigenvalue weighted by molar-refractivity contribution is 9.11. The molecule has 0 bridgehead atoms. The van der Waals surface area contributed by atoms with E-state index in [-0.39, 0.29) is 18.6 Å². The van der Waals surface area contributed by atoms with Gasteiger partial charge in [0, 0.05) is 11.7 Å². The van der Waals surface area contributed by atoms with E-state index in [9.17, 15) is 9.59 Å². The van der Waals surface area contributed by atoms with E-state index in [1.165, 1.54) is 0 Å². The number of fused-ring (bicyclic) bond motifs is 1. The topological polar surface area (TPSA) is 55.8 Å². The summed E-state index contributed by atoms with van der Waals surface area (Å²) in [5, 5.41) is 0. The number of nitrogens with zero attached hydrogens (tertiary/aromatic N) is 1. The summed E-state index contributed by atoms with van der Waals surface area (Å²) in [5.41, 5.74) is 4.43. The van der Waals surface area contributed by atoms with E-state index >= 15 is 0 Å². The number of rotatable bonds is 6. The quantitative estimate of drug-likeness (QED) is 0.328. The largest absolute Gasteiger partial charge is 0.487 e. The highest BCUT2D eigenvalue weighted by atomic mass is 79.9. The molecule has 0 saturated carbocycles. The SMILES string of the molecule is Cc1cc(Br)c(OCc2ccc(C(=O)OCC(=O)N3c4ccccc4CC3C)cc2)c(Br)c1. The van der Waals surface area contributed by atoms with Crippen molar-refractivity contribution < 1.29 is 19.1 Å². The number of hydrogen-bond donors (Lipinski definition) is 0. The van der Waals surface area contributed by atoms with Gasteiger partial charge < -0.3 is 14.4 Å². The van der Waals surface area contributed by atoms with Crippen LogP contribution in [0.1, 0.15) is 34.0 Å². The first-order valence-electron chi connectivity index (χ1n) is 10.6. The number of para-hydroxylation sites is 1. The van der Waals surface area contributed by atoms with Gasteiger partial charge in [0.25, 0.3) is 5.91 Å². The molecule has 1 amide bonds. The monoisotopic (exact) mass is 571 g/mol. The van der Waals surface area contributed by atoms with Crippen molar-refractivity contribution in [3.05, 3.63) is 91.9 Å². The third kappa shape index (κ3) is 5.31. The first-order valence-corrected chi connectivity index (χ1v) is 12.2. The molecule has 33 heavy (non-hydrogen) atoms. The van der Waals surface area contributed by atoms with Gasteiger partial charge in [0.2, 0.25) is 0 Å². The van der Waals surface area contributed by atoms with Crippen molar-refractivity contribution in [3.8, 4) is 5.75 Å². The van der Waals surface area contributed by atoms with Gasteiger partial charge in [-0.15, -0.1) is 0 Å². The van der Waals surface area contributed by atoms with Gasteiger partial charge in [0.1, 0.15) is 12.4 Å². The molecule has 4 rings (SSSR count). The summed E-state index contributed by atoms with van der Waals surface area (Å²) in [6.07, 6.45) is 0.801. The van der Waals surface area contributed by atoms with E-state index in [0.717, 1.165) is 43.5 Å². The summed E-state index contributed by atoms with van der Waals surface area (Å²) in [6.45, 7) is 4.06. The predicted molar refractivity (Wildman–Crippen MR) is 135 cm³/mol. The van der Waals surface area contributed by atoms with Gasteiger partial charge in [-0.3, -0.25) is 4.79 Å². The number of carbonyl (C=O) groups excluding carboxylic acids is 2. The first-order chi connectivity index (χ1) is 15.8. The molecule has 0 spiro atoms. The lowest BCUT2D eigenvalue weighted by Gasteiger charge is -2.22. The summed E-state index contributed by atoms with van der Waals surface area (Å²) in [6, 6.07) is 18.8. The van der Waals surface area contributed by atoms with Gasteiger partial charge in [-0.2, -0.15) is 0 Å². The van der Waals surface area contributed by atoms with Crippen molar-refractivity contribution in [3.63, 3.8) is 0 Å². The number of ether oxygens (including phenoxy) is 2. The standard InChI is InChI=1S/C26H23Br2NO4/c1-16-11-21(27)25(22(28)12-16)32-14-18-7-9-19(10-8-18)26(31)33-15-24(30)29-17(2)13-20-5-3-4-6-23(20)29/h3-12,17H,13-15H2,1-2H3. The Hall–Kier alpha value is -2.64. The number of halogens is 2. The Labute approximate surface area is 210 Å². The molecule has 1 aliphatic rings. The second-order valence-electron chi connectivity index (χ2n) is 8.07. The summed E-state index contributed by atoms with van der Waals surface area (Å²) in [7, 11) is 0. The average Bonchev–Trinajstić information content (AvgIpc) is 3.12. The van der Waals surface area contributed by atoms with Crippen molar-refractivity contribution >= 4 is 49.4 Å². The van der Waals surface area contributed by atoms with Crippen LogP contribution < -0.4 is 9.64 Å². The van der Waals surface area contributed by atoms with Gasteiger partial charge in [0.05, 0.1) is 14.5 Å². The third-order valence-corrected chi connectivity index (χ3v) is 6.70. The molecular formula is C26H23Br2NO4. The number of hydrogen-bond acceptors (Lipinski definition) is 4. The molecule has 3 aromatic rings. The van der Waals surface area contributed by atoms with Crippen LogP contribution in [0.5, 0.6) is 5.75 Å². The molecule has 0 radical (unpaired) electrons. The van der Waals surface area contributed by atoms with Gasteiger partial charge >= 0.3 is 5.97 Å². The van der Waals surface area contributed by atoms with E-state index in [1.54, 1.807) is 17.0 Å². The molecular weight excluding hydrogens is 550 g/mol. The molecule has 0 fully saturated rings. The van der Waals surface area contributed by atoms with Crippen LogP contribution in [0.25, 0.3) is 0 Å². The molecule has 5 nitrogen and oxygen atoms in total. The molecule has 1 atom stereocenters. The summed E-state index contributed by atoms with van der Waals surface area (Å²) >= 11 is 7.04. The zero-order valence-corrected chi connectivity index (χ0v) is 21.5. The van der Waals surface area contributed by atoms with Gasteiger partial charge in [-0.05, 0) is 99.2 Å². The number of aryl methyl sites for hydroxylation is 1. The highest BCUT2D eigenvalue weighted by Crippen LogP contribution is 2.35. The molecule has 7 heteroatoms. The second kappa shape index (κ2) is 10.1. The fraction of sp³-hybridized carbons (Fsp3) is 0.231. The van der Waals surface area contributed by atoms with E-state index in [0.29, 0.717) is 12.2 Å². The Balaban J connectivity index is 1.33. The van der Waals surface area contributed by atoms with Crippen LogP contribution >= 0.6 is 31.9 Å². The lowest BCUT2D eigenvalue weighted by Crippen LogP contribution is -2.38. The molecule has 170 valence electrons. The summed E-state index contributed by atoms with van der Waals surface area (Å²) in [5.74, 6) is -0.0274. The van der Waals surface area contributed by atoms with E-state index < -0.39 is 5.97 Å². The Bertz CT molecular complexity index is 1170. The number of esters is 1. The van der Waals surface area contributed by atoms with Crippen LogP contribution in [0.2, 0.25) is 0 Å². The summed E-state index contributed by atoms with van der Waals surface area (Å²) < 4.78 is 13.0. The fourth-order valence-electron chi connectivity index (χ4n) is 3.94. The van der Waals surface area contributed by atoms with Crippen molar-refractivity contribution in [2.24, 2.45) is 0 Å². The molecule has 3 aromatic carbocycles. The number of benzene rings is 3. The molecule has 0 aliphatic carbocycles. The Kier molecular flexibility index (Phi) is 7.20. The van der Waals surface area contributed by atoms with Gasteiger partial charge in [-0.25, -0.2) is 4.79 Å². The second-order valence-corrected chi connectivity index (χ2v) is 9.77. The summed E-state index contributed by atoms with van der Waals surface area (Å²) in [4.78, 5) is 26.9. The van der Waals surface area contributed by atoms with Crippen LogP contribution in [0.15, 0.2) is 69.6 Å². The number of anilines is 1. The zero-order valence-electron chi connectivity index (χ0n) is 18.3. The first kappa shape index (κ1) is 23.5. The molecule has 1 unspecified atom stereocenters. The predicted octanol–water partition coefficient (Wildman–Crippen LogP) is 6.23. The van der Waals surface area contributed by atoms with Crippen LogP contribution in [0, 0.1) is 6.92 Å². The molecule has 1 heterocycles. The maximum atomic E-state index is 12.7. The minimum absolute atomic E-state index is 0.0430. The van der Waals surface area contributed by atoms with Gasteiger partial charge in [0.15, 0.2) is 6.61 Å². The minimum Gasteiger partial charge on any atom is -0.487 e. The van der Waals surface area contributed by atoms with Crippen molar-refractivity contribution in [1.29, 1.82) is 0 Å². The number of amides is 1.